The second kappa shape index (κ2) is 145. The first-order valence-electron chi connectivity index (χ1n) is 36.6. The lowest BCUT2D eigenvalue weighted by atomic mass is 10.0. The third-order valence-electron chi connectivity index (χ3n) is 11.3. The van der Waals surface area contributed by atoms with Crippen LogP contribution in [0.1, 0.15) is 135 Å². The topological polar surface area (TPSA) is 948 Å². The van der Waals surface area contributed by atoms with Crippen LogP contribution in [0.3, 0.4) is 0 Å². The zero-order valence-electron chi connectivity index (χ0n) is 66.5. The summed E-state index contributed by atoms with van der Waals surface area (Å²) in [6.45, 7) is -8.65. The summed E-state index contributed by atoms with van der Waals surface area (Å²) in [5, 5.41) is 369. The summed E-state index contributed by atoms with van der Waals surface area (Å²) in [5.41, 5.74) is 0. The van der Waals surface area contributed by atoms with E-state index in [1.54, 1.807) is 0 Å². The molecule has 47 nitrogen and oxygen atoms in total. The molecule has 0 unspecified atom stereocenters. The molecule has 0 radical (unpaired) electrons. The molecule has 0 aliphatic carbocycles. The van der Waals surface area contributed by atoms with Crippen LogP contribution in [-0.2, 0) is 4.79 Å². The van der Waals surface area contributed by atoms with Crippen LogP contribution in [0, 0.1) is 0 Å². The number of aliphatic carboxylic acids is 1. The number of aliphatic hydroxyl groups is 45. The number of carboxylic acids is 1. The highest BCUT2D eigenvalue weighted by molar-refractivity contribution is 5.66. The fourth-order valence-electron chi connectivity index (χ4n) is 4.22. The van der Waals surface area contributed by atoms with Crippen LogP contribution in [-0.4, -0.2) is 531 Å². The molecule has 0 rings (SSSR count). The van der Waals surface area contributed by atoms with E-state index < -0.39 is 97.5 Å². The number of carboxylic acid groups (broad SMARTS) is 1. The summed E-state index contributed by atoms with van der Waals surface area (Å²) in [6, 6.07) is 0. The highest BCUT2D eigenvalue weighted by atomic mass is 16.4. The van der Waals surface area contributed by atoms with Crippen molar-refractivity contribution < 1.29 is 240 Å². The summed E-state index contributed by atoms with van der Waals surface area (Å²) < 4.78 is 0. The van der Waals surface area contributed by atoms with Gasteiger partial charge >= 0.3 is 5.97 Å². The summed E-state index contributed by atoms with van der Waals surface area (Å²) >= 11 is 0. The lowest BCUT2D eigenvalue weighted by Gasteiger charge is -2.03. The van der Waals surface area contributed by atoms with E-state index in [1.807, 2.05) is 0 Å². The predicted octanol–water partition coefficient (Wildman–Crippen LogP) is -17.1. The zero-order valence-corrected chi connectivity index (χ0v) is 66.5. The normalized spacial score (nSPS) is 10.2. The molecule has 0 fully saturated rings. The molecule has 0 aromatic carbocycles. The van der Waals surface area contributed by atoms with Crippen molar-refractivity contribution in [3.63, 3.8) is 0 Å². The Bertz CT molecular complexity index is 1100. The molecule has 0 saturated carbocycles. The number of hydrogen-bond acceptors (Lipinski definition) is 46. The minimum atomic E-state index is -0.954. The number of aliphatic hydroxyl groups excluding tert-OH is 45. The highest BCUT2D eigenvalue weighted by Gasteiger charge is 2.03. The summed E-state index contributed by atoms with van der Waals surface area (Å²) in [6.07, 6.45) is 11.8. The monoisotopic (exact) mass is 1720 g/mol. The van der Waals surface area contributed by atoms with Crippen LogP contribution < -0.4 is 0 Å². The van der Waals surface area contributed by atoms with Crippen molar-refractivity contribution in [2.75, 3.05) is 198 Å². The predicted molar refractivity (Wildman–Crippen MR) is 408 cm³/mol. The van der Waals surface area contributed by atoms with Gasteiger partial charge < -0.3 is 235 Å². The number of rotatable bonds is 50. The Morgan fingerprint density at radius 1 is 0.149 bits per heavy atom. The van der Waals surface area contributed by atoms with Gasteiger partial charge in [0.25, 0.3) is 0 Å². The molecule has 0 spiro atoms. The fourth-order valence-corrected chi connectivity index (χ4v) is 4.22. The maximum atomic E-state index is 10.4. The van der Waals surface area contributed by atoms with Crippen LogP contribution in [0.4, 0.5) is 0 Å². The average Bonchev–Trinajstić information content (AvgIpc) is 1.33. The van der Waals surface area contributed by atoms with E-state index >= 15 is 0 Å². The van der Waals surface area contributed by atoms with Gasteiger partial charge in [0.2, 0.25) is 0 Å². The Balaban J connectivity index is -0.0000000665. The quantitative estimate of drug-likeness (QED) is 0.0252. The smallest absolute Gasteiger partial charge is 0.303 e. The molecule has 0 aromatic rings. The van der Waals surface area contributed by atoms with Crippen LogP contribution in [0.25, 0.3) is 0 Å². The lowest BCUT2D eigenvalue weighted by molar-refractivity contribution is -0.137. The van der Waals surface area contributed by atoms with Crippen molar-refractivity contribution in [3.8, 4) is 0 Å². The molecule has 0 aliphatic heterocycles. The van der Waals surface area contributed by atoms with Crippen LogP contribution >= 0.6 is 0 Å². The minimum Gasteiger partial charge on any atom is -0.481 e. The Morgan fingerprint density at radius 3 is 0.272 bits per heavy atom. The third-order valence-corrected chi connectivity index (χ3v) is 11.3. The molecule has 114 heavy (non-hydrogen) atoms. The third kappa shape index (κ3) is 209. The molecule has 0 amide bonds. The van der Waals surface area contributed by atoms with E-state index in [0.29, 0.717) is 6.42 Å². The number of hydrogen-bond donors (Lipinski definition) is 46. The maximum Gasteiger partial charge on any atom is 0.303 e. The van der Waals surface area contributed by atoms with Gasteiger partial charge in [-0.2, -0.15) is 0 Å². The summed E-state index contributed by atoms with van der Waals surface area (Å²) in [5.74, 6) is -0.651. The largest absolute Gasteiger partial charge is 0.481 e. The lowest BCUT2D eigenvalue weighted by Crippen LogP contribution is -2.15. The van der Waals surface area contributed by atoms with Gasteiger partial charge in [-0.1, -0.05) is 122 Å². The van der Waals surface area contributed by atoms with Crippen molar-refractivity contribution in [1.82, 2.24) is 0 Å². The van der Waals surface area contributed by atoms with Gasteiger partial charge in [0.15, 0.2) is 0 Å². The van der Waals surface area contributed by atoms with Gasteiger partial charge in [0.05, 0.1) is 198 Å². The van der Waals surface area contributed by atoms with E-state index in [1.165, 1.54) is 109 Å². The van der Waals surface area contributed by atoms with Crippen molar-refractivity contribution in [3.05, 3.63) is 0 Å². The first-order valence-corrected chi connectivity index (χ1v) is 36.6. The van der Waals surface area contributed by atoms with E-state index in [9.17, 15) is 4.79 Å². The van der Waals surface area contributed by atoms with Gasteiger partial charge in [-0.15, -0.1) is 0 Å². The van der Waals surface area contributed by atoms with Crippen molar-refractivity contribution in [2.45, 2.75) is 227 Å². The zero-order chi connectivity index (χ0) is 92.6. The minimum absolute atomic E-state index is 0.346. The molecule has 0 aromatic heterocycles. The van der Waals surface area contributed by atoms with Crippen molar-refractivity contribution in [1.29, 1.82) is 0 Å². The second-order valence-electron chi connectivity index (χ2n) is 22.8. The first kappa shape index (κ1) is 149. The molecular weight excluding hydrogens is 1560 g/mol. The SMILES string of the molecule is CCCCCCCCCCCCCCCCCCCCCC(=O)O.OCC(O)CO.OCC(O)CO.OCC(O)CO.OCC(O)CO.OCC(O)CO.OCC(O)CO.OCC(O)CO.OCC(O)CO.OCC(O)CO.OCC(O)CO.OCC(O)CO.OCC(O)CO.OCC(O)CO.OCC(O)CO.OCC(O)CO. The van der Waals surface area contributed by atoms with Crippen LogP contribution in [0.2, 0.25) is 0 Å². The van der Waals surface area contributed by atoms with Gasteiger partial charge in [0, 0.05) is 6.42 Å². The van der Waals surface area contributed by atoms with E-state index in [2.05, 4.69) is 6.92 Å². The molecule has 46 N–H and O–H groups in total. The molecule has 0 atom stereocenters. The highest BCUT2D eigenvalue weighted by Crippen LogP contribution is 2.15. The molecule has 0 heterocycles. The molecule has 0 aliphatic rings. The van der Waals surface area contributed by atoms with Gasteiger partial charge in [-0.05, 0) is 6.42 Å². The Morgan fingerprint density at radius 2 is 0.219 bits per heavy atom. The molecule has 47 heteroatoms. The summed E-state index contributed by atoms with van der Waals surface area (Å²) in [7, 11) is 0. The molecule has 714 valence electrons. The number of unbranched alkanes of at least 4 members (excludes halogenated alkanes) is 18. The Kier molecular flexibility index (Phi) is 191. The number of carbonyl (C=O) groups is 1. The molecular formula is C67H164O47. The van der Waals surface area contributed by atoms with Gasteiger partial charge in [-0.3, -0.25) is 4.79 Å². The Hall–Kier alpha value is -2.33. The second-order valence-corrected chi connectivity index (χ2v) is 22.8. The maximum absolute atomic E-state index is 10.4. The van der Waals surface area contributed by atoms with Crippen molar-refractivity contribution >= 4 is 5.97 Å². The molecule has 0 bridgehead atoms. The molecule has 0 saturated heterocycles. The van der Waals surface area contributed by atoms with E-state index in [4.69, 9.17) is 235 Å². The average molecular weight is 1720 g/mol. The van der Waals surface area contributed by atoms with E-state index in [0.717, 1.165) is 12.8 Å². The van der Waals surface area contributed by atoms with Gasteiger partial charge in [0.1, 0.15) is 91.6 Å². The van der Waals surface area contributed by atoms with Gasteiger partial charge in [-0.25, -0.2) is 0 Å². The Labute approximate surface area is 669 Å². The first-order chi connectivity index (χ1) is 53.9. The fraction of sp³-hybridized carbons (Fsp3) is 0.985. The van der Waals surface area contributed by atoms with E-state index in [-0.39, 0.29) is 198 Å². The standard InChI is InChI=1S/C22H44O2.15C3H8O3/c1-2-3-4-5-6-7-8-9-10-11-12-13-14-15-16-17-18-19-20-21-22(23)24;15*4-1-3(6)2-5/h2-21H2,1H3,(H,23,24);15*3-6H,1-2H2. The van der Waals surface area contributed by atoms with Crippen molar-refractivity contribution in [2.24, 2.45) is 0 Å². The summed E-state index contributed by atoms with van der Waals surface area (Å²) in [4.78, 5) is 10.4. The van der Waals surface area contributed by atoms with Crippen LogP contribution in [0.5, 0.6) is 0 Å². The van der Waals surface area contributed by atoms with Crippen LogP contribution in [0.15, 0.2) is 0 Å².